The van der Waals surface area contributed by atoms with Crippen molar-refractivity contribution in [3.8, 4) is 11.6 Å². The number of benzene rings is 1. The summed E-state index contributed by atoms with van der Waals surface area (Å²) in [6.45, 7) is 6.07. The highest BCUT2D eigenvalue weighted by Gasteiger charge is 2.25. The maximum absolute atomic E-state index is 13.4. The highest BCUT2D eigenvalue weighted by molar-refractivity contribution is 5.39. The molecule has 24 heavy (non-hydrogen) atoms. The molecule has 0 unspecified atom stereocenters. The topological polar surface area (TPSA) is 92.5 Å². The van der Waals surface area contributed by atoms with Crippen LogP contribution in [0.3, 0.4) is 0 Å². The predicted octanol–water partition coefficient (Wildman–Crippen LogP) is 3.04. The number of hydrogen-bond donors (Lipinski definition) is 2. The van der Waals surface area contributed by atoms with E-state index in [4.69, 9.17) is 4.52 Å². The SMILES string of the molecule is CC(C)[C@H](N[C@@H](C)c1cccc(F)c1)c1nc(-c2ncn[nH]2)no1. The van der Waals surface area contributed by atoms with Gasteiger partial charge in [0.2, 0.25) is 11.7 Å². The minimum absolute atomic E-state index is 0.0753. The summed E-state index contributed by atoms with van der Waals surface area (Å²) >= 11 is 0. The molecule has 0 amide bonds. The number of nitrogens with zero attached hydrogens (tertiary/aromatic N) is 4. The van der Waals surface area contributed by atoms with Gasteiger partial charge in [0.15, 0.2) is 5.82 Å². The zero-order valence-corrected chi connectivity index (χ0v) is 13.7. The average Bonchev–Trinajstić information content (AvgIpc) is 3.23. The summed E-state index contributed by atoms with van der Waals surface area (Å²) in [5.41, 5.74) is 0.857. The van der Waals surface area contributed by atoms with Crippen LogP contribution in [0.5, 0.6) is 0 Å². The van der Waals surface area contributed by atoms with Gasteiger partial charge in [-0.3, -0.25) is 10.4 Å². The van der Waals surface area contributed by atoms with Crippen LogP contribution in [0.4, 0.5) is 4.39 Å². The number of halogens is 1. The molecule has 7 nitrogen and oxygen atoms in total. The van der Waals surface area contributed by atoms with Crippen LogP contribution in [0, 0.1) is 11.7 Å². The second-order valence-corrected chi connectivity index (χ2v) is 5.96. The fraction of sp³-hybridized carbons (Fsp3) is 0.375. The largest absolute Gasteiger partial charge is 0.337 e. The first-order valence-electron chi connectivity index (χ1n) is 7.75. The van der Waals surface area contributed by atoms with E-state index in [1.807, 2.05) is 26.8 Å². The molecule has 0 spiro atoms. The first-order chi connectivity index (χ1) is 11.5. The Kier molecular flexibility index (Phi) is 4.66. The first-order valence-corrected chi connectivity index (χ1v) is 7.75. The Morgan fingerprint density at radius 2 is 2.08 bits per heavy atom. The number of nitrogens with one attached hydrogen (secondary N) is 2. The maximum Gasteiger partial charge on any atom is 0.244 e. The molecular formula is C16H19FN6O. The molecule has 0 aliphatic rings. The van der Waals surface area contributed by atoms with Gasteiger partial charge in [-0.1, -0.05) is 31.1 Å². The van der Waals surface area contributed by atoms with Crippen molar-refractivity contribution < 1.29 is 8.91 Å². The molecule has 2 aromatic heterocycles. The summed E-state index contributed by atoms with van der Waals surface area (Å²) in [5, 5.41) is 13.8. The van der Waals surface area contributed by atoms with Crippen molar-refractivity contribution in [1.82, 2.24) is 30.6 Å². The number of hydrogen-bond acceptors (Lipinski definition) is 6. The minimum atomic E-state index is -0.257. The van der Waals surface area contributed by atoms with E-state index in [2.05, 4.69) is 30.6 Å². The molecule has 0 radical (unpaired) electrons. The van der Waals surface area contributed by atoms with E-state index in [9.17, 15) is 4.39 Å². The highest BCUT2D eigenvalue weighted by Crippen LogP contribution is 2.26. The zero-order chi connectivity index (χ0) is 17.1. The van der Waals surface area contributed by atoms with Crippen molar-refractivity contribution in [2.45, 2.75) is 32.9 Å². The van der Waals surface area contributed by atoms with Gasteiger partial charge in [-0.05, 0) is 30.5 Å². The summed E-state index contributed by atoms with van der Waals surface area (Å²) in [5.74, 6) is 1.20. The van der Waals surface area contributed by atoms with Crippen LogP contribution in [0.15, 0.2) is 35.1 Å². The monoisotopic (exact) mass is 330 g/mol. The standard InChI is InChI=1S/C16H19FN6O/c1-9(2)13(20-10(3)11-5-4-6-12(17)7-11)16-21-15(23-24-16)14-18-8-19-22-14/h4-10,13,20H,1-3H3,(H,18,19,22)/t10-,13-/m0/s1. The number of aromatic nitrogens is 5. The second-order valence-electron chi connectivity index (χ2n) is 5.96. The molecule has 1 aromatic carbocycles. The number of aromatic amines is 1. The molecule has 2 atom stereocenters. The predicted molar refractivity (Wildman–Crippen MR) is 85.2 cm³/mol. The van der Waals surface area contributed by atoms with Crippen molar-refractivity contribution in [3.05, 3.63) is 47.9 Å². The molecule has 126 valence electrons. The Balaban J connectivity index is 1.80. The normalized spacial score (nSPS) is 14.0. The Morgan fingerprint density at radius 3 is 2.75 bits per heavy atom. The minimum Gasteiger partial charge on any atom is -0.337 e. The van der Waals surface area contributed by atoms with Crippen molar-refractivity contribution in [1.29, 1.82) is 0 Å². The van der Waals surface area contributed by atoms with Crippen LogP contribution in [-0.2, 0) is 0 Å². The zero-order valence-electron chi connectivity index (χ0n) is 13.7. The fourth-order valence-electron chi connectivity index (χ4n) is 2.46. The third-order valence-corrected chi connectivity index (χ3v) is 3.78. The van der Waals surface area contributed by atoms with E-state index in [1.54, 1.807) is 6.07 Å². The lowest BCUT2D eigenvalue weighted by Gasteiger charge is -2.23. The van der Waals surface area contributed by atoms with Crippen LogP contribution >= 0.6 is 0 Å². The molecule has 0 aliphatic heterocycles. The molecule has 8 heteroatoms. The number of rotatable bonds is 6. The molecular weight excluding hydrogens is 311 g/mol. The average molecular weight is 330 g/mol. The fourth-order valence-corrected chi connectivity index (χ4v) is 2.46. The molecule has 2 N–H and O–H groups in total. The lowest BCUT2D eigenvalue weighted by Crippen LogP contribution is -2.28. The van der Waals surface area contributed by atoms with Gasteiger partial charge in [-0.25, -0.2) is 9.37 Å². The smallest absolute Gasteiger partial charge is 0.244 e. The van der Waals surface area contributed by atoms with Crippen LogP contribution in [0.2, 0.25) is 0 Å². The lowest BCUT2D eigenvalue weighted by molar-refractivity contribution is 0.274. The first kappa shape index (κ1) is 16.3. The third-order valence-electron chi connectivity index (χ3n) is 3.78. The van der Waals surface area contributed by atoms with Gasteiger partial charge < -0.3 is 4.52 Å². The molecule has 0 fully saturated rings. The molecule has 3 aromatic rings. The number of H-pyrrole nitrogens is 1. The van der Waals surface area contributed by atoms with Gasteiger partial charge in [0.25, 0.3) is 0 Å². The Hall–Kier alpha value is -2.61. The van der Waals surface area contributed by atoms with Crippen molar-refractivity contribution in [3.63, 3.8) is 0 Å². The molecule has 0 saturated heterocycles. The molecule has 0 saturated carbocycles. The van der Waals surface area contributed by atoms with Crippen molar-refractivity contribution in [2.75, 3.05) is 0 Å². The van der Waals surface area contributed by atoms with Crippen molar-refractivity contribution >= 4 is 0 Å². The Labute approximate surface area is 138 Å². The van der Waals surface area contributed by atoms with E-state index in [0.29, 0.717) is 17.5 Å². The van der Waals surface area contributed by atoms with Gasteiger partial charge in [0.1, 0.15) is 12.1 Å². The summed E-state index contributed by atoms with van der Waals surface area (Å²) in [4.78, 5) is 8.40. The van der Waals surface area contributed by atoms with E-state index in [0.717, 1.165) is 5.56 Å². The molecule has 0 bridgehead atoms. The maximum atomic E-state index is 13.4. The van der Waals surface area contributed by atoms with Gasteiger partial charge in [-0.2, -0.15) is 10.1 Å². The van der Waals surface area contributed by atoms with Crippen molar-refractivity contribution in [2.24, 2.45) is 5.92 Å². The van der Waals surface area contributed by atoms with E-state index >= 15 is 0 Å². The van der Waals surface area contributed by atoms with E-state index < -0.39 is 0 Å². The second kappa shape index (κ2) is 6.88. The lowest BCUT2D eigenvalue weighted by atomic mass is 10.0. The molecule has 3 rings (SSSR count). The van der Waals surface area contributed by atoms with Gasteiger partial charge >= 0.3 is 0 Å². The van der Waals surface area contributed by atoms with Gasteiger partial charge in [-0.15, -0.1) is 0 Å². The third kappa shape index (κ3) is 3.48. The van der Waals surface area contributed by atoms with Crippen LogP contribution in [-0.4, -0.2) is 25.3 Å². The summed E-state index contributed by atoms with van der Waals surface area (Å²) in [6, 6.07) is 6.27. The van der Waals surface area contributed by atoms with E-state index in [1.165, 1.54) is 18.5 Å². The van der Waals surface area contributed by atoms with Crippen LogP contribution in [0.1, 0.15) is 44.3 Å². The Morgan fingerprint density at radius 1 is 1.25 bits per heavy atom. The van der Waals surface area contributed by atoms with Gasteiger partial charge in [0.05, 0.1) is 6.04 Å². The Bertz CT molecular complexity index is 785. The molecule has 2 heterocycles. The van der Waals surface area contributed by atoms with E-state index in [-0.39, 0.29) is 23.8 Å². The summed E-state index contributed by atoms with van der Waals surface area (Å²) < 4.78 is 18.8. The van der Waals surface area contributed by atoms with Gasteiger partial charge in [0, 0.05) is 6.04 Å². The summed E-state index contributed by atoms with van der Waals surface area (Å²) in [7, 11) is 0. The van der Waals surface area contributed by atoms with Crippen LogP contribution < -0.4 is 5.32 Å². The summed E-state index contributed by atoms with van der Waals surface area (Å²) in [6.07, 6.45) is 1.38. The van der Waals surface area contributed by atoms with Crippen LogP contribution in [0.25, 0.3) is 11.6 Å². The quantitative estimate of drug-likeness (QED) is 0.721. The molecule has 0 aliphatic carbocycles. The highest BCUT2D eigenvalue weighted by atomic mass is 19.1.